The number of amides is 2. The molecule has 1 aromatic carbocycles. The Morgan fingerprint density at radius 1 is 1.09 bits per heavy atom. The monoisotopic (exact) mass is 357 g/mol. The molecule has 0 aliphatic heterocycles. The van der Waals surface area contributed by atoms with Crippen LogP contribution in [0, 0.1) is 0 Å². The summed E-state index contributed by atoms with van der Waals surface area (Å²) in [6.07, 6.45) is 0. The molecule has 0 bridgehead atoms. The minimum Gasteiger partial charge on any atom is -0.452 e. The number of hydrogen-bond acceptors (Lipinski definition) is 5. The molecule has 0 radical (unpaired) electrons. The van der Waals surface area contributed by atoms with Gasteiger partial charge in [-0.1, -0.05) is 35.3 Å². The van der Waals surface area contributed by atoms with Crippen LogP contribution in [0.25, 0.3) is 0 Å². The average molecular weight is 358 g/mol. The molecule has 0 fully saturated rings. The second-order valence-corrected chi connectivity index (χ2v) is 5.79. The Bertz CT molecular complexity index is 695. The van der Waals surface area contributed by atoms with E-state index in [-0.39, 0.29) is 15.6 Å². The summed E-state index contributed by atoms with van der Waals surface area (Å²) in [4.78, 5) is 35.5. The molecule has 0 spiro atoms. The first-order chi connectivity index (χ1) is 10.5. The molecular weight excluding hydrogens is 349 g/mol. The molecule has 2 rings (SSSR count). The molecule has 1 N–H and O–H groups in total. The van der Waals surface area contributed by atoms with Gasteiger partial charge in [0.15, 0.2) is 6.61 Å². The lowest BCUT2D eigenvalue weighted by Gasteiger charge is -2.07. The molecular formula is C14H9Cl2NO4S. The average Bonchev–Trinajstić information content (AvgIpc) is 2.99. The molecule has 0 aliphatic carbocycles. The van der Waals surface area contributed by atoms with E-state index in [4.69, 9.17) is 27.9 Å². The van der Waals surface area contributed by atoms with Crippen LogP contribution in [0.4, 0.5) is 0 Å². The third-order valence-corrected chi connectivity index (χ3v) is 4.00. The van der Waals surface area contributed by atoms with E-state index in [1.165, 1.54) is 23.5 Å². The molecule has 2 amide bonds. The number of hydrogen-bond donors (Lipinski definition) is 1. The third kappa shape index (κ3) is 4.07. The number of halogens is 2. The lowest BCUT2D eigenvalue weighted by molar-refractivity contribution is -0.123. The van der Waals surface area contributed by atoms with Crippen molar-refractivity contribution in [2.24, 2.45) is 0 Å². The van der Waals surface area contributed by atoms with Crippen molar-refractivity contribution in [3.8, 4) is 0 Å². The molecule has 1 aromatic heterocycles. The predicted octanol–water partition coefficient (Wildman–Crippen LogP) is 3.17. The highest BCUT2D eigenvalue weighted by molar-refractivity contribution is 7.12. The summed E-state index contributed by atoms with van der Waals surface area (Å²) < 4.78 is 4.80. The van der Waals surface area contributed by atoms with Gasteiger partial charge in [0.2, 0.25) is 0 Å². The van der Waals surface area contributed by atoms with Crippen LogP contribution in [-0.4, -0.2) is 24.4 Å². The molecule has 22 heavy (non-hydrogen) atoms. The number of carbonyl (C=O) groups excluding carboxylic acids is 3. The summed E-state index contributed by atoms with van der Waals surface area (Å²) in [7, 11) is 0. The normalized spacial score (nSPS) is 10.1. The van der Waals surface area contributed by atoms with Gasteiger partial charge in [0.1, 0.15) is 0 Å². The van der Waals surface area contributed by atoms with Gasteiger partial charge in [0.05, 0.1) is 20.5 Å². The second kappa shape index (κ2) is 7.40. The van der Waals surface area contributed by atoms with E-state index in [2.05, 4.69) is 5.32 Å². The number of nitrogens with one attached hydrogen (secondary N) is 1. The van der Waals surface area contributed by atoms with E-state index in [0.29, 0.717) is 4.88 Å². The quantitative estimate of drug-likeness (QED) is 0.853. The summed E-state index contributed by atoms with van der Waals surface area (Å²) >= 11 is 12.9. The Hall–Kier alpha value is -1.89. The summed E-state index contributed by atoms with van der Waals surface area (Å²) in [5.74, 6) is -2.13. The highest BCUT2D eigenvalue weighted by Gasteiger charge is 2.18. The lowest BCUT2D eigenvalue weighted by atomic mass is 10.2. The SMILES string of the molecule is O=C(COC(=O)c1c(Cl)cccc1Cl)NC(=O)c1cccs1. The van der Waals surface area contributed by atoms with Crippen molar-refractivity contribution >= 4 is 52.3 Å². The van der Waals surface area contributed by atoms with Crippen LogP contribution in [0.3, 0.4) is 0 Å². The van der Waals surface area contributed by atoms with Crippen LogP contribution < -0.4 is 5.32 Å². The van der Waals surface area contributed by atoms with Crippen molar-refractivity contribution in [2.75, 3.05) is 6.61 Å². The van der Waals surface area contributed by atoms with Gasteiger partial charge in [-0.15, -0.1) is 11.3 Å². The fourth-order valence-electron chi connectivity index (χ4n) is 1.53. The van der Waals surface area contributed by atoms with E-state index in [1.54, 1.807) is 23.6 Å². The number of rotatable bonds is 4. The van der Waals surface area contributed by atoms with E-state index >= 15 is 0 Å². The van der Waals surface area contributed by atoms with E-state index in [0.717, 1.165) is 0 Å². The van der Waals surface area contributed by atoms with Gasteiger partial charge < -0.3 is 4.74 Å². The third-order valence-electron chi connectivity index (χ3n) is 2.50. The fraction of sp³-hybridized carbons (Fsp3) is 0.0714. The zero-order valence-electron chi connectivity index (χ0n) is 11.0. The van der Waals surface area contributed by atoms with Crippen molar-refractivity contribution in [1.29, 1.82) is 0 Å². The molecule has 2 aromatic rings. The fourth-order valence-corrected chi connectivity index (χ4v) is 2.70. The molecule has 8 heteroatoms. The molecule has 0 atom stereocenters. The summed E-state index contributed by atoms with van der Waals surface area (Å²) in [6.45, 7) is -0.614. The van der Waals surface area contributed by atoms with Gasteiger partial charge in [0, 0.05) is 0 Å². The minimum atomic E-state index is -0.839. The maximum absolute atomic E-state index is 11.9. The number of carbonyl (C=O) groups is 3. The minimum absolute atomic E-state index is 0.0248. The Balaban J connectivity index is 1.91. The van der Waals surface area contributed by atoms with Gasteiger partial charge in [-0.05, 0) is 23.6 Å². The van der Waals surface area contributed by atoms with Gasteiger partial charge in [-0.2, -0.15) is 0 Å². The topological polar surface area (TPSA) is 72.5 Å². The zero-order valence-corrected chi connectivity index (χ0v) is 13.3. The van der Waals surface area contributed by atoms with Crippen molar-refractivity contribution in [3.05, 3.63) is 56.2 Å². The van der Waals surface area contributed by atoms with E-state index in [9.17, 15) is 14.4 Å². The Labute approximate surface area is 139 Å². The van der Waals surface area contributed by atoms with Crippen molar-refractivity contribution in [3.63, 3.8) is 0 Å². The first-order valence-electron chi connectivity index (χ1n) is 5.98. The Kier molecular flexibility index (Phi) is 5.54. The van der Waals surface area contributed by atoms with Gasteiger partial charge >= 0.3 is 5.97 Å². The summed E-state index contributed by atoms with van der Waals surface area (Å²) in [6, 6.07) is 7.79. The first-order valence-corrected chi connectivity index (χ1v) is 7.61. The lowest BCUT2D eigenvalue weighted by Crippen LogP contribution is -2.33. The number of benzene rings is 1. The van der Waals surface area contributed by atoms with Crippen LogP contribution >= 0.6 is 34.5 Å². The van der Waals surface area contributed by atoms with Crippen LogP contribution in [0.5, 0.6) is 0 Å². The van der Waals surface area contributed by atoms with Gasteiger partial charge in [-0.25, -0.2) is 4.79 Å². The Morgan fingerprint density at radius 2 is 1.77 bits per heavy atom. The van der Waals surface area contributed by atoms with Crippen LogP contribution in [-0.2, 0) is 9.53 Å². The maximum Gasteiger partial charge on any atom is 0.341 e. The second-order valence-electron chi connectivity index (χ2n) is 4.03. The smallest absolute Gasteiger partial charge is 0.341 e. The van der Waals surface area contributed by atoms with E-state index < -0.39 is 24.4 Å². The predicted molar refractivity (Wildman–Crippen MR) is 83.5 cm³/mol. The van der Waals surface area contributed by atoms with Crippen LogP contribution in [0.2, 0.25) is 10.0 Å². The zero-order chi connectivity index (χ0) is 16.1. The van der Waals surface area contributed by atoms with Gasteiger partial charge in [0.25, 0.3) is 11.8 Å². The number of ether oxygens (including phenoxy) is 1. The molecule has 0 unspecified atom stereocenters. The van der Waals surface area contributed by atoms with Crippen molar-refractivity contribution in [1.82, 2.24) is 5.32 Å². The highest BCUT2D eigenvalue weighted by atomic mass is 35.5. The van der Waals surface area contributed by atoms with Crippen LogP contribution in [0.1, 0.15) is 20.0 Å². The molecule has 5 nitrogen and oxygen atoms in total. The molecule has 1 heterocycles. The Morgan fingerprint density at radius 3 is 2.36 bits per heavy atom. The number of imide groups is 1. The number of esters is 1. The molecule has 0 aliphatic rings. The van der Waals surface area contributed by atoms with E-state index in [1.807, 2.05) is 0 Å². The first kappa shape index (κ1) is 16.5. The standard InChI is InChI=1S/C14H9Cl2NO4S/c15-8-3-1-4-9(16)12(8)14(20)21-7-11(18)17-13(19)10-5-2-6-22-10/h1-6H,7H2,(H,17,18,19). The highest BCUT2D eigenvalue weighted by Crippen LogP contribution is 2.24. The van der Waals surface area contributed by atoms with Crippen molar-refractivity contribution < 1.29 is 19.1 Å². The molecule has 0 saturated carbocycles. The van der Waals surface area contributed by atoms with Crippen molar-refractivity contribution in [2.45, 2.75) is 0 Å². The summed E-state index contributed by atoms with van der Waals surface area (Å²) in [5, 5.41) is 4.05. The number of thiophene rings is 1. The maximum atomic E-state index is 11.9. The van der Waals surface area contributed by atoms with Gasteiger partial charge in [-0.3, -0.25) is 14.9 Å². The van der Waals surface area contributed by atoms with Crippen LogP contribution in [0.15, 0.2) is 35.7 Å². The largest absolute Gasteiger partial charge is 0.452 e. The summed E-state index contributed by atoms with van der Waals surface area (Å²) in [5.41, 5.74) is -0.0248. The molecule has 114 valence electrons. The molecule has 0 saturated heterocycles.